The van der Waals surface area contributed by atoms with Crippen LogP contribution in [0.15, 0.2) is 72.9 Å². The number of H-pyrrole nitrogens is 1. The zero-order valence-electron chi connectivity index (χ0n) is 22.7. The number of methoxy groups -OCH3 is 3. The molecule has 1 heterocycles. The number of benzene rings is 3. The van der Waals surface area contributed by atoms with Crippen LogP contribution in [-0.4, -0.2) is 61.7 Å². The Morgan fingerprint density at radius 1 is 0.950 bits per heavy atom. The molecule has 0 aliphatic carbocycles. The van der Waals surface area contributed by atoms with Gasteiger partial charge in [-0.25, -0.2) is 0 Å². The molecule has 9 heteroatoms. The number of aromatic amines is 1. The third-order valence-corrected chi connectivity index (χ3v) is 6.54. The first-order valence-electron chi connectivity index (χ1n) is 12.8. The Labute approximate surface area is 233 Å². The van der Waals surface area contributed by atoms with Crippen molar-refractivity contribution < 1.29 is 34.0 Å². The molecule has 0 saturated carbocycles. The minimum atomic E-state index is -1.10. The predicted octanol–water partition coefficient (Wildman–Crippen LogP) is 4.04. The Bertz CT molecular complexity index is 1450. The molecule has 0 aliphatic rings. The van der Waals surface area contributed by atoms with Crippen LogP contribution in [0.1, 0.15) is 22.8 Å². The number of aliphatic hydroxyl groups is 2. The van der Waals surface area contributed by atoms with E-state index in [4.69, 9.17) is 18.9 Å². The normalized spacial score (nSPS) is 12.7. The number of hydrogen-bond donors (Lipinski definition) is 4. The van der Waals surface area contributed by atoms with Crippen molar-refractivity contribution in [3.05, 3.63) is 89.6 Å². The van der Waals surface area contributed by atoms with Crippen LogP contribution in [0.4, 0.5) is 0 Å². The molecule has 1 amide bonds. The molecule has 210 valence electrons. The molecule has 1 aromatic heterocycles. The summed E-state index contributed by atoms with van der Waals surface area (Å²) in [7, 11) is 4.66. The molecule has 4 rings (SSSR count). The van der Waals surface area contributed by atoms with Gasteiger partial charge in [0.15, 0.2) is 17.6 Å². The topological polar surface area (TPSA) is 122 Å². The number of aromatic nitrogens is 1. The summed E-state index contributed by atoms with van der Waals surface area (Å²) in [5.41, 5.74) is 3.34. The van der Waals surface area contributed by atoms with E-state index in [1.807, 2.05) is 42.6 Å². The van der Waals surface area contributed by atoms with Gasteiger partial charge in [-0.15, -0.1) is 0 Å². The molecule has 0 radical (unpaired) electrons. The fourth-order valence-corrected chi connectivity index (χ4v) is 4.33. The van der Waals surface area contributed by atoms with Crippen molar-refractivity contribution in [2.45, 2.75) is 18.6 Å². The number of rotatable bonds is 13. The molecule has 0 unspecified atom stereocenters. The van der Waals surface area contributed by atoms with Crippen LogP contribution in [-0.2, 0) is 11.2 Å². The van der Waals surface area contributed by atoms with Crippen LogP contribution in [0.2, 0.25) is 0 Å². The predicted molar refractivity (Wildman–Crippen MR) is 153 cm³/mol. The summed E-state index contributed by atoms with van der Waals surface area (Å²) in [4.78, 5) is 15.5. The summed E-state index contributed by atoms with van der Waals surface area (Å²) in [5, 5.41) is 24.7. The molecule has 0 saturated heterocycles. The summed E-state index contributed by atoms with van der Waals surface area (Å²) in [6, 6.07) is 18.0. The average molecular weight is 547 g/mol. The van der Waals surface area contributed by atoms with E-state index in [-0.39, 0.29) is 5.91 Å². The van der Waals surface area contributed by atoms with Gasteiger partial charge in [-0.05, 0) is 71.7 Å². The van der Waals surface area contributed by atoms with E-state index in [1.165, 1.54) is 20.3 Å². The van der Waals surface area contributed by atoms with Crippen molar-refractivity contribution in [3.63, 3.8) is 0 Å². The quantitative estimate of drug-likeness (QED) is 0.187. The lowest BCUT2D eigenvalue weighted by atomic mass is 10.0. The Kier molecular flexibility index (Phi) is 9.66. The van der Waals surface area contributed by atoms with Crippen molar-refractivity contribution in [1.29, 1.82) is 0 Å². The molecule has 0 fully saturated rings. The highest BCUT2D eigenvalue weighted by molar-refractivity contribution is 5.91. The van der Waals surface area contributed by atoms with Gasteiger partial charge in [-0.2, -0.15) is 0 Å². The van der Waals surface area contributed by atoms with Gasteiger partial charge in [0.1, 0.15) is 17.6 Å². The number of nitrogens with one attached hydrogen (secondary N) is 2. The fourth-order valence-electron chi connectivity index (χ4n) is 4.33. The summed E-state index contributed by atoms with van der Waals surface area (Å²) >= 11 is 0. The summed E-state index contributed by atoms with van der Waals surface area (Å²) in [6.45, 7) is 0.0464. The molecule has 9 nitrogen and oxygen atoms in total. The summed E-state index contributed by atoms with van der Waals surface area (Å²) < 4.78 is 21.7. The number of fused-ring (bicyclic) bond motifs is 1. The average Bonchev–Trinajstić information content (AvgIpc) is 3.40. The standard InChI is InChI=1S/C31H34N2O7/c1-37-23-8-4-20(5-9-23)6-13-30(35)32-15-14-22-18-33-26-11-10-24(17-25(22)26)40-29(19-34)31(36)21-7-12-27(38-2)28(16-21)39-3/h4-13,16-18,29,31,33-34,36H,14-15,19H2,1-3H3,(H,32,35)/b13-6+/t29-,31-/m1/s1. The molecule has 0 aliphatic heterocycles. The SMILES string of the molecule is COc1ccc(/C=C/C(=O)NCCc2c[nH]c3ccc(O[C@H](CO)[C@H](O)c4ccc(OC)c(OC)c4)cc23)cc1. The molecular weight excluding hydrogens is 512 g/mol. The summed E-state index contributed by atoms with van der Waals surface area (Å²) in [5.74, 6) is 2.08. The van der Waals surface area contributed by atoms with E-state index in [1.54, 1.807) is 37.5 Å². The molecule has 3 aromatic carbocycles. The van der Waals surface area contributed by atoms with Crippen LogP contribution in [0.5, 0.6) is 23.0 Å². The van der Waals surface area contributed by atoms with Crippen LogP contribution in [0.3, 0.4) is 0 Å². The maximum atomic E-state index is 12.3. The second kappa shape index (κ2) is 13.5. The van der Waals surface area contributed by atoms with Gasteiger partial charge in [-0.3, -0.25) is 4.79 Å². The van der Waals surface area contributed by atoms with Gasteiger partial charge < -0.3 is 39.5 Å². The fraction of sp³-hybridized carbons (Fsp3) is 0.258. The molecular formula is C31H34N2O7. The van der Waals surface area contributed by atoms with Crippen LogP contribution in [0, 0.1) is 0 Å². The number of ether oxygens (including phenoxy) is 4. The highest BCUT2D eigenvalue weighted by atomic mass is 16.5. The van der Waals surface area contributed by atoms with Gasteiger partial charge in [-0.1, -0.05) is 18.2 Å². The largest absolute Gasteiger partial charge is 0.497 e. The van der Waals surface area contributed by atoms with Crippen LogP contribution >= 0.6 is 0 Å². The first kappa shape index (κ1) is 28.5. The molecule has 4 N–H and O–H groups in total. The van der Waals surface area contributed by atoms with Gasteiger partial charge in [0.25, 0.3) is 0 Å². The number of hydrogen-bond acceptors (Lipinski definition) is 7. The molecule has 0 spiro atoms. The smallest absolute Gasteiger partial charge is 0.244 e. The Balaban J connectivity index is 1.38. The van der Waals surface area contributed by atoms with E-state index >= 15 is 0 Å². The first-order valence-corrected chi connectivity index (χ1v) is 12.8. The van der Waals surface area contributed by atoms with Crippen molar-refractivity contribution in [2.24, 2.45) is 0 Å². The summed E-state index contributed by atoms with van der Waals surface area (Å²) in [6.07, 6.45) is 3.74. The minimum Gasteiger partial charge on any atom is -0.497 e. The Morgan fingerprint density at radius 2 is 1.70 bits per heavy atom. The van der Waals surface area contributed by atoms with Crippen molar-refractivity contribution in [2.75, 3.05) is 34.5 Å². The molecule has 4 aromatic rings. The maximum absolute atomic E-state index is 12.3. The second-order valence-corrected chi connectivity index (χ2v) is 9.07. The van der Waals surface area contributed by atoms with Gasteiger partial charge in [0.2, 0.25) is 5.91 Å². The molecule has 0 bridgehead atoms. The molecule has 2 atom stereocenters. The monoisotopic (exact) mass is 546 g/mol. The van der Waals surface area contributed by atoms with Crippen molar-refractivity contribution >= 4 is 22.9 Å². The van der Waals surface area contributed by atoms with E-state index in [0.29, 0.717) is 35.8 Å². The molecule has 40 heavy (non-hydrogen) atoms. The lowest BCUT2D eigenvalue weighted by molar-refractivity contribution is -0.116. The number of carbonyl (C=O) groups excluding carboxylic acids is 1. The Hall–Kier alpha value is -4.47. The highest BCUT2D eigenvalue weighted by Crippen LogP contribution is 2.32. The van der Waals surface area contributed by atoms with Crippen LogP contribution < -0.4 is 24.3 Å². The Morgan fingerprint density at radius 3 is 2.40 bits per heavy atom. The minimum absolute atomic E-state index is 0.186. The second-order valence-electron chi connectivity index (χ2n) is 9.07. The van der Waals surface area contributed by atoms with Crippen molar-refractivity contribution in [1.82, 2.24) is 10.3 Å². The third kappa shape index (κ3) is 6.93. The van der Waals surface area contributed by atoms with E-state index in [9.17, 15) is 15.0 Å². The maximum Gasteiger partial charge on any atom is 0.244 e. The third-order valence-electron chi connectivity index (χ3n) is 6.54. The number of aliphatic hydroxyl groups excluding tert-OH is 2. The first-order chi connectivity index (χ1) is 19.4. The zero-order chi connectivity index (χ0) is 28.5. The number of amides is 1. The highest BCUT2D eigenvalue weighted by Gasteiger charge is 2.24. The van der Waals surface area contributed by atoms with Crippen molar-refractivity contribution in [3.8, 4) is 23.0 Å². The van der Waals surface area contributed by atoms with E-state index in [0.717, 1.165) is 27.8 Å². The van der Waals surface area contributed by atoms with E-state index in [2.05, 4.69) is 10.3 Å². The van der Waals surface area contributed by atoms with Gasteiger partial charge in [0.05, 0.1) is 27.9 Å². The lowest BCUT2D eigenvalue weighted by Crippen LogP contribution is -2.29. The van der Waals surface area contributed by atoms with Gasteiger partial charge in [0, 0.05) is 29.7 Å². The zero-order valence-corrected chi connectivity index (χ0v) is 22.7. The van der Waals surface area contributed by atoms with Gasteiger partial charge >= 0.3 is 0 Å². The van der Waals surface area contributed by atoms with Crippen LogP contribution in [0.25, 0.3) is 17.0 Å². The van der Waals surface area contributed by atoms with E-state index < -0.39 is 18.8 Å². The lowest BCUT2D eigenvalue weighted by Gasteiger charge is -2.23. The number of carbonyl (C=O) groups is 1.